The van der Waals surface area contributed by atoms with Crippen LogP contribution < -0.4 is 25.8 Å². The van der Waals surface area contributed by atoms with Gasteiger partial charge in [0.15, 0.2) is 5.82 Å². The lowest BCUT2D eigenvalue weighted by Crippen LogP contribution is -2.28. The summed E-state index contributed by atoms with van der Waals surface area (Å²) in [5.41, 5.74) is 9.60. The fourth-order valence-electron chi connectivity index (χ4n) is 4.11. The van der Waals surface area contributed by atoms with Gasteiger partial charge in [-0.2, -0.15) is 5.10 Å². The third-order valence-electron chi connectivity index (χ3n) is 5.95. The summed E-state index contributed by atoms with van der Waals surface area (Å²) in [6.45, 7) is 0.167. The number of hydrogen-bond donors (Lipinski definition) is 5. The van der Waals surface area contributed by atoms with E-state index < -0.39 is 16.1 Å². The number of carbonyl (C=O) groups is 1. The van der Waals surface area contributed by atoms with Crippen LogP contribution in [0, 0.1) is 0 Å². The van der Waals surface area contributed by atoms with Crippen LogP contribution in [0.15, 0.2) is 95.9 Å². The first-order valence-corrected chi connectivity index (χ1v) is 14.0. The Morgan fingerprint density at radius 1 is 0.925 bits per heavy atom. The van der Waals surface area contributed by atoms with Crippen molar-refractivity contribution in [3.8, 4) is 16.9 Å². The Kier molecular flexibility index (Phi) is 7.87. The number of hydrogen-bond acceptors (Lipinski definition) is 6. The molecule has 0 saturated heterocycles. The van der Waals surface area contributed by atoms with Crippen molar-refractivity contribution in [2.45, 2.75) is 4.90 Å². The molecule has 5 rings (SSSR count). The molecule has 0 saturated carbocycles. The smallest absolute Gasteiger partial charge is 0.323 e. The van der Waals surface area contributed by atoms with E-state index in [1.54, 1.807) is 60.7 Å². The second-order valence-corrected chi connectivity index (χ2v) is 10.9. The predicted octanol–water partition coefficient (Wildman–Crippen LogP) is 5.47. The van der Waals surface area contributed by atoms with Crippen LogP contribution >= 0.6 is 11.6 Å². The highest BCUT2D eigenvalue weighted by molar-refractivity contribution is 7.89. The predicted molar refractivity (Wildman–Crippen MR) is 157 cm³/mol. The molecule has 10 nitrogen and oxygen atoms in total. The minimum atomic E-state index is -3.63. The van der Waals surface area contributed by atoms with E-state index in [2.05, 4.69) is 25.6 Å². The number of aromatic nitrogens is 2. The molecule has 6 N–H and O–H groups in total. The Morgan fingerprint density at radius 3 is 2.42 bits per heavy atom. The first-order chi connectivity index (χ1) is 19.3. The Bertz CT molecular complexity index is 1760. The van der Waals surface area contributed by atoms with Crippen LogP contribution in [0.3, 0.4) is 0 Å². The Hall–Kier alpha value is -4.58. The van der Waals surface area contributed by atoms with E-state index in [0.717, 1.165) is 11.1 Å². The number of carbonyl (C=O) groups excluding carboxylic acids is 1. The molecule has 1 heterocycles. The number of nitrogens with two attached hydrogens (primary N) is 1. The van der Waals surface area contributed by atoms with Crippen molar-refractivity contribution in [1.82, 2.24) is 14.9 Å². The van der Waals surface area contributed by atoms with Crippen LogP contribution in [-0.4, -0.2) is 37.8 Å². The van der Waals surface area contributed by atoms with E-state index in [4.69, 9.17) is 22.1 Å². The largest absolute Gasteiger partial charge is 0.490 e. The van der Waals surface area contributed by atoms with Crippen LogP contribution in [-0.2, 0) is 10.0 Å². The van der Waals surface area contributed by atoms with E-state index in [1.807, 2.05) is 18.2 Å². The number of H-pyrrole nitrogens is 1. The minimum absolute atomic E-state index is 0.0729. The van der Waals surface area contributed by atoms with Gasteiger partial charge in [0.25, 0.3) is 0 Å². The van der Waals surface area contributed by atoms with Gasteiger partial charge in [-0.25, -0.2) is 17.9 Å². The maximum Gasteiger partial charge on any atom is 0.323 e. The van der Waals surface area contributed by atoms with E-state index in [-0.39, 0.29) is 18.0 Å². The molecule has 4 aromatic carbocycles. The molecule has 0 aliphatic carbocycles. The number of nitrogen functional groups attached to an aromatic ring is 1. The third-order valence-corrected chi connectivity index (χ3v) is 7.66. The zero-order valence-corrected chi connectivity index (χ0v) is 22.6. The number of amides is 2. The number of halogens is 1. The van der Waals surface area contributed by atoms with Crippen molar-refractivity contribution in [3.05, 3.63) is 96.0 Å². The van der Waals surface area contributed by atoms with Crippen LogP contribution in [0.25, 0.3) is 22.0 Å². The van der Waals surface area contributed by atoms with Crippen molar-refractivity contribution >= 4 is 55.8 Å². The fourth-order valence-corrected chi connectivity index (χ4v) is 5.33. The first kappa shape index (κ1) is 27.0. The number of nitrogens with one attached hydrogen (secondary N) is 4. The van der Waals surface area contributed by atoms with Gasteiger partial charge in [-0.05, 0) is 65.7 Å². The van der Waals surface area contributed by atoms with Crippen molar-refractivity contribution in [1.29, 1.82) is 0 Å². The van der Waals surface area contributed by atoms with Gasteiger partial charge in [0.05, 0.1) is 10.3 Å². The van der Waals surface area contributed by atoms with Gasteiger partial charge in [0.1, 0.15) is 17.9 Å². The number of rotatable bonds is 9. The number of sulfonamides is 1. The monoisotopic (exact) mass is 576 g/mol. The van der Waals surface area contributed by atoms with E-state index in [1.165, 1.54) is 12.1 Å². The number of urea groups is 1. The van der Waals surface area contributed by atoms with E-state index in [9.17, 15) is 13.2 Å². The standard InChI is InChI=1S/C28H25ClN6O4S/c29-19-5-4-6-21(17-19)33-28(36)32-20-11-9-18(10-12-20)23-13-14-24(26-25(23)27(30)35-34-26)39-16-15-31-40(37,38)22-7-2-1-3-8-22/h1-14,17,31H,15-16H2,(H3,30,34,35)(H2,32,33,36). The summed E-state index contributed by atoms with van der Waals surface area (Å²) >= 11 is 5.97. The number of fused-ring (bicyclic) bond motifs is 1. The SMILES string of the molecule is Nc1n[nH]c2c(OCCNS(=O)(=O)c3ccccc3)ccc(-c3ccc(NC(=O)Nc4cccc(Cl)c4)cc3)c12. The number of benzene rings is 4. The highest BCUT2D eigenvalue weighted by atomic mass is 35.5. The molecule has 0 radical (unpaired) electrons. The average Bonchev–Trinajstić information content (AvgIpc) is 3.34. The van der Waals surface area contributed by atoms with Gasteiger partial charge < -0.3 is 21.1 Å². The highest BCUT2D eigenvalue weighted by Crippen LogP contribution is 2.36. The number of anilines is 3. The normalized spacial score (nSPS) is 11.3. The lowest BCUT2D eigenvalue weighted by molar-refractivity contribution is 0.262. The molecular weight excluding hydrogens is 552 g/mol. The van der Waals surface area contributed by atoms with Crippen molar-refractivity contribution in [3.63, 3.8) is 0 Å². The molecule has 0 fully saturated rings. The van der Waals surface area contributed by atoms with Crippen molar-refractivity contribution in [2.24, 2.45) is 0 Å². The molecule has 0 atom stereocenters. The highest BCUT2D eigenvalue weighted by Gasteiger charge is 2.16. The molecule has 1 aromatic heterocycles. The van der Waals surface area contributed by atoms with Crippen LogP contribution in [0.5, 0.6) is 5.75 Å². The molecule has 0 aliphatic heterocycles. The summed E-state index contributed by atoms with van der Waals surface area (Å²) in [5.74, 6) is 0.779. The fraction of sp³-hybridized carbons (Fsp3) is 0.0714. The maximum atomic E-state index is 12.4. The summed E-state index contributed by atoms with van der Waals surface area (Å²) in [6.07, 6.45) is 0. The summed E-state index contributed by atoms with van der Waals surface area (Å²) in [5, 5.41) is 13.8. The first-order valence-electron chi connectivity index (χ1n) is 12.2. The molecule has 12 heteroatoms. The lowest BCUT2D eigenvalue weighted by atomic mass is 10.0. The second kappa shape index (κ2) is 11.7. The summed E-state index contributed by atoms with van der Waals surface area (Å²) in [6, 6.07) is 25.5. The molecule has 2 amide bonds. The third kappa shape index (κ3) is 6.18. The Morgan fingerprint density at radius 2 is 1.68 bits per heavy atom. The Labute approximate surface area is 235 Å². The van der Waals surface area contributed by atoms with Gasteiger partial charge >= 0.3 is 6.03 Å². The van der Waals surface area contributed by atoms with E-state index in [0.29, 0.717) is 38.9 Å². The summed E-state index contributed by atoms with van der Waals surface area (Å²) in [4.78, 5) is 12.5. The zero-order chi connectivity index (χ0) is 28.1. The Balaban J connectivity index is 1.25. The average molecular weight is 577 g/mol. The minimum Gasteiger partial charge on any atom is -0.490 e. The molecule has 0 spiro atoms. The van der Waals surface area contributed by atoms with Gasteiger partial charge in [-0.1, -0.05) is 48.0 Å². The van der Waals surface area contributed by atoms with E-state index >= 15 is 0 Å². The summed E-state index contributed by atoms with van der Waals surface area (Å²) in [7, 11) is -3.63. The quantitative estimate of drug-likeness (QED) is 0.147. The van der Waals surface area contributed by atoms with Crippen molar-refractivity contribution < 1.29 is 17.9 Å². The van der Waals surface area contributed by atoms with Gasteiger partial charge in [-0.15, -0.1) is 0 Å². The molecule has 5 aromatic rings. The molecule has 0 bridgehead atoms. The number of nitrogens with zero attached hydrogens (tertiary/aromatic N) is 1. The second-order valence-electron chi connectivity index (χ2n) is 8.70. The zero-order valence-electron chi connectivity index (χ0n) is 21.0. The number of aromatic amines is 1. The summed E-state index contributed by atoms with van der Waals surface area (Å²) < 4.78 is 33.2. The van der Waals surface area contributed by atoms with Crippen LogP contribution in [0.1, 0.15) is 0 Å². The molecule has 0 aliphatic rings. The maximum absolute atomic E-state index is 12.4. The van der Waals surface area contributed by atoms with Crippen LogP contribution in [0.4, 0.5) is 22.0 Å². The lowest BCUT2D eigenvalue weighted by Gasteiger charge is -2.12. The van der Waals surface area contributed by atoms with Gasteiger partial charge in [0.2, 0.25) is 10.0 Å². The topological polar surface area (TPSA) is 151 Å². The van der Waals surface area contributed by atoms with Crippen molar-refractivity contribution in [2.75, 3.05) is 29.5 Å². The molecular formula is C28H25ClN6O4S. The van der Waals surface area contributed by atoms with Gasteiger partial charge in [0, 0.05) is 22.9 Å². The molecule has 40 heavy (non-hydrogen) atoms. The number of ether oxygens (including phenoxy) is 1. The van der Waals surface area contributed by atoms with Crippen LogP contribution in [0.2, 0.25) is 5.02 Å². The van der Waals surface area contributed by atoms with Gasteiger partial charge in [-0.3, -0.25) is 5.10 Å². The molecule has 204 valence electrons. The molecule has 0 unspecified atom stereocenters.